The first-order valence-electron chi connectivity index (χ1n) is 13.2. The SMILES string of the molecule is COc1cc(NC2=NC(n3nc(C(F)(F)F)cc3C)=C(c3cncc(C(=O)CS(C)(=O)=O)c3)C=C(C)CC2)cc(C(F)(F)F)c1. The number of rotatable bonds is 7. The molecule has 0 unspecified atom stereocenters. The molecule has 45 heavy (non-hydrogen) atoms. The third-order valence-corrected chi connectivity index (χ3v) is 7.32. The van der Waals surface area contributed by atoms with Crippen LogP contribution in [0, 0.1) is 6.92 Å². The number of pyridine rings is 1. The summed E-state index contributed by atoms with van der Waals surface area (Å²) < 4.78 is 111. The van der Waals surface area contributed by atoms with Crippen molar-refractivity contribution in [3.63, 3.8) is 0 Å². The molecule has 0 fully saturated rings. The third-order valence-electron chi connectivity index (χ3n) is 6.53. The van der Waals surface area contributed by atoms with Gasteiger partial charge < -0.3 is 10.1 Å². The lowest BCUT2D eigenvalue weighted by molar-refractivity contribution is -0.141. The molecule has 0 atom stereocenters. The Labute approximate surface area is 254 Å². The predicted octanol–water partition coefficient (Wildman–Crippen LogP) is 6.44. The van der Waals surface area contributed by atoms with Gasteiger partial charge in [0.05, 0.1) is 12.7 Å². The molecule has 4 rings (SSSR count). The minimum absolute atomic E-state index is 0.0301. The summed E-state index contributed by atoms with van der Waals surface area (Å²) in [5.74, 6) is -1.70. The predicted molar refractivity (Wildman–Crippen MR) is 155 cm³/mol. The molecule has 240 valence electrons. The summed E-state index contributed by atoms with van der Waals surface area (Å²) >= 11 is 0. The average Bonchev–Trinajstić information content (AvgIpc) is 3.32. The molecule has 1 N–H and O–H groups in total. The Bertz CT molecular complexity index is 1840. The first-order chi connectivity index (χ1) is 20.8. The number of methoxy groups -OCH3 is 1. The van der Waals surface area contributed by atoms with E-state index in [0.717, 1.165) is 35.3 Å². The molecule has 1 aliphatic heterocycles. The minimum atomic E-state index is -4.80. The van der Waals surface area contributed by atoms with Gasteiger partial charge in [-0.1, -0.05) is 11.6 Å². The van der Waals surface area contributed by atoms with Crippen molar-refractivity contribution in [3.05, 3.63) is 82.5 Å². The molecule has 0 aliphatic carbocycles. The Morgan fingerprint density at radius 3 is 2.31 bits per heavy atom. The molecular formula is C29H27F6N5O4S. The number of nitrogens with one attached hydrogen (secondary N) is 1. The van der Waals surface area contributed by atoms with Crippen LogP contribution in [-0.2, 0) is 22.2 Å². The molecule has 0 spiro atoms. The van der Waals surface area contributed by atoms with Crippen LogP contribution in [0.2, 0.25) is 0 Å². The highest BCUT2D eigenvalue weighted by molar-refractivity contribution is 7.91. The highest BCUT2D eigenvalue weighted by Gasteiger charge is 2.35. The van der Waals surface area contributed by atoms with Crippen LogP contribution in [0.4, 0.5) is 32.0 Å². The molecular weight excluding hydrogens is 628 g/mol. The van der Waals surface area contributed by atoms with E-state index in [2.05, 4.69) is 20.4 Å². The third kappa shape index (κ3) is 8.38. The number of carbonyl (C=O) groups is 1. The number of Topliss-reactive ketones (excluding diaryl/α,β-unsaturated/α-hetero) is 1. The second kappa shape index (κ2) is 12.5. The Hall–Kier alpha value is -4.47. The van der Waals surface area contributed by atoms with Crippen molar-refractivity contribution < 1.29 is 44.3 Å². The van der Waals surface area contributed by atoms with E-state index in [1.807, 2.05) is 0 Å². The van der Waals surface area contributed by atoms with Gasteiger partial charge in [0.25, 0.3) is 0 Å². The van der Waals surface area contributed by atoms with Gasteiger partial charge in [-0.3, -0.25) is 9.78 Å². The van der Waals surface area contributed by atoms with E-state index in [-0.39, 0.29) is 51.9 Å². The summed E-state index contributed by atoms with van der Waals surface area (Å²) in [7, 11) is -2.48. The number of allylic oxidation sites excluding steroid dienone is 3. The fourth-order valence-corrected chi connectivity index (χ4v) is 5.06. The van der Waals surface area contributed by atoms with E-state index in [1.54, 1.807) is 13.0 Å². The first-order valence-corrected chi connectivity index (χ1v) is 15.2. The van der Waals surface area contributed by atoms with Gasteiger partial charge in [0.15, 0.2) is 27.1 Å². The topological polar surface area (TPSA) is 116 Å². The van der Waals surface area contributed by atoms with Crippen molar-refractivity contribution in [1.29, 1.82) is 0 Å². The fourth-order valence-electron chi connectivity index (χ4n) is 4.41. The highest BCUT2D eigenvalue weighted by Crippen LogP contribution is 2.36. The van der Waals surface area contributed by atoms with E-state index in [0.29, 0.717) is 12.0 Å². The Morgan fingerprint density at radius 1 is 1.00 bits per heavy atom. The van der Waals surface area contributed by atoms with Crippen molar-refractivity contribution >= 4 is 38.5 Å². The number of ketones is 1. The molecule has 1 aliphatic rings. The molecule has 0 saturated heterocycles. The van der Waals surface area contributed by atoms with Crippen molar-refractivity contribution in [3.8, 4) is 5.75 Å². The van der Waals surface area contributed by atoms with Gasteiger partial charge in [0.1, 0.15) is 17.3 Å². The molecule has 0 radical (unpaired) electrons. The fraction of sp³-hybridized carbons (Fsp3) is 0.310. The standard InChI is InChI=1S/C29H27F6N5O4S/c1-16-5-6-26(37-21-10-20(28(30,31)32)11-22(12-21)44-3)38-27(40-17(2)8-25(39-40)29(33,34)35)23(7-16)18-9-19(14-36-13-18)24(41)15-45(4,42)43/h7-14H,5-6,15H2,1-4H3,(H,37,38). The van der Waals surface area contributed by atoms with Crippen LogP contribution in [0.3, 0.4) is 0 Å². The second-order valence-electron chi connectivity index (χ2n) is 10.4. The lowest BCUT2D eigenvalue weighted by Crippen LogP contribution is -2.17. The number of aliphatic imine (C=N–C) groups is 1. The number of benzene rings is 1. The molecule has 2 aromatic heterocycles. The first kappa shape index (κ1) is 33.4. The number of sulfone groups is 1. The van der Waals surface area contributed by atoms with E-state index in [9.17, 15) is 39.6 Å². The number of hydrogen-bond acceptors (Lipinski definition) is 8. The van der Waals surface area contributed by atoms with E-state index >= 15 is 0 Å². The minimum Gasteiger partial charge on any atom is -0.497 e. The maximum Gasteiger partial charge on any atom is 0.435 e. The van der Waals surface area contributed by atoms with Crippen LogP contribution in [-0.4, -0.2) is 53.9 Å². The summed E-state index contributed by atoms with van der Waals surface area (Å²) in [5.41, 5.74) is -1.20. The number of nitrogens with zero attached hydrogens (tertiary/aromatic N) is 4. The van der Waals surface area contributed by atoms with Crippen LogP contribution >= 0.6 is 0 Å². The van der Waals surface area contributed by atoms with Gasteiger partial charge in [-0.05, 0) is 44.5 Å². The Balaban J connectivity index is 1.96. The normalized spacial score (nSPS) is 14.8. The lowest BCUT2D eigenvalue weighted by atomic mass is 9.99. The summed E-state index contributed by atoms with van der Waals surface area (Å²) in [6.07, 6.45) is -4.01. The Kier molecular flexibility index (Phi) is 9.28. The van der Waals surface area contributed by atoms with E-state index in [4.69, 9.17) is 4.74 Å². The number of aromatic nitrogens is 3. The quantitative estimate of drug-likeness (QED) is 0.230. The molecule has 0 amide bonds. The second-order valence-corrected chi connectivity index (χ2v) is 12.5. The molecule has 3 heterocycles. The van der Waals surface area contributed by atoms with Crippen molar-refractivity contribution in [1.82, 2.24) is 14.8 Å². The summed E-state index contributed by atoms with van der Waals surface area (Å²) in [6, 6.07) is 5.12. The smallest absolute Gasteiger partial charge is 0.435 e. The number of alkyl halides is 6. The highest BCUT2D eigenvalue weighted by atomic mass is 32.2. The van der Waals surface area contributed by atoms with Crippen LogP contribution in [0.25, 0.3) is 11.4 Å². The number of carbonyl (C=O) groups excluding carboxylic acids is 1. The number of ether oxygens (including phenoxy) is 1. The Morgan fingerprint density at radius 2 is 1.71 bits per heavy atom. The molecule has 1 aromatic carbocycles. The van der Waals surface area contributed by atoms with Crippen molar-refractivity contribution in [2.24, 2.45) is 4.99 Å². The van der Waals surface area contributed by atoms with Gasteiger partial charge in [-0.25, -0.2) is 18.1 Å². The van der Waals surface area contributed by atoms with Crippen LogP contribution < -0.4 is 10.1 Å². The van der Waals surface area contributed by atoms with Gasteiger partial charge in [0, 0.05) is 59.2 Å². The zero-order chi connectivity index (χ0) is 33.3. The van der Waals surface area contributed by atoms with Crippen LogP contribution in [0.5, 0.6) is 5.75 Å². The van der Waals surface area contributed by atoms with Crippen LogP contribution in [0.15, 0.2) is 59.4 Å². The number of halogens is 6. The molecule has 0 bridgehead atoms. The van der Waals surface area contributed by atoms with Crippen LogP contribution in [0.1, 0.15) is 52.6 Å². The number of anilines is 1. The van der Waals surface area contributed by atoms with Gasteiger partial charge >= 0.3 is 12.4 Å². The van der Waals surface area contributed by atoms with Gasteiger partial charge in [-0.2, -0.15) is 31.4 Å². The number of amidine groups is 1. The maximum atomic E-state index is 13.7. The van der Waals surface area contributed by atoms with Crippen molar-refractivity contribution in [2.45, 2.75) is 39.0 Å². The van der Waals surface area contributed by atoms with Gasteiger partial charge in [-0.15, -0.1) is 0 Å². The molecule has 0 saturated carbocycles. The molecule has 3 aromatic rings. The number of aryl methyl sites for hydroxylation is 1. The molecule has 16 heteroatoms. The van der Waals surface area contributed by atoms with Gasteiger partial charge in [0.2, 0.25) is 0 Å². The average molecular weight is 656 g/mol. The molecule has 9 nitrogen and oxygen atoms in total. The van der Waals surface area contributed by atoms with Crippen molar-refractivity contribution in [2.75, 3.05) is 24.4 Å². The van der Waals surface area contributed by atoms with E-state index in [1.165, 1.54) is 32.4 Å². The largest absolute Gasteiger partial charge is 0.497 e. The summed E-state index contributed by atoms with van der Waals surface area (Å²) in [5, 5.41) is 6.58. The maximum absolute atomic E-state index is 13.7. The number of hydrogen-bond donors (Lipinski definition) is 1. The zero-order valence-electron chi connectivity index (χ0n) is 24.3. The monoisotopic (exact) mass is 655 g/mol. The van der Waals surface area contributed by atoms with E-state index < -0.39 is 45.0 Å². The lowest BCUT2D eigenvalue weighted by Gasteiger charge is -2.19. The summed E-state index contributed by atoms with van der Waals surface area (Å²) in [6.45, 7) is 3.10. The zero-order valence-corrected chi connectivity index (χ0v) is 25.2. The summed E-state index contributed by atoms with van der Waals surface area (Å²) in [4.78, 5) is 21.3.